The zero-order chi connectivity index (χ0) is 21.4. The fourth-order valence-electron chi connectivity index (χ4n) is 4.21. The Labute approximate surface area is 184 Å². The molecule has 162 valence electrons. The minimum absolute atomic E-state index is 0.208. The number of alkyl halides is 2. The maximum atomic E-state index is 13.9. The summed E-state index contributed by atoms with van der Waals surface area (Å²) in [5.74, 6) is -0.526. The lowest BCUT2D eigenvalue weighted by molar-refractivity contribution is -0.0244. The van der Waals surface area contributed by atoms with Crippen LogP contribution in [-0.4, -0.2) is 47.3 Å². The van der Waals surface area contributed by atoms with Crippen LogP contribution in [-0.2, 0) is 6.54 Å². The van der Waals surface area contributed by atoms with Crippen LogP contribution in [0.15, 0.2) is 47.4 Å². The number of nitrogens with one attached hydrogen (secondary N) is 2. The van der Waals surface area contributed by atoms with E-state index < -0.39 is 12.0 Å². The molecule has 1 fully saturated rings. The molecule has 1 unspecified atom stereocenters. The molecule has 0 amide bonds. The third-order valence-electron chi connectivity index (χ3n) is 5.74. The number of benzene rings is 2. The Kier molecular flexibility index (Phi) is 5.44. The maximum absolute atomic E-state index is 13.9. The summed E-state index contributed by atoms with van der Waals surface area (Å²) in [5.41, 5.74) is 3.15. The van der Waals surface area contributed by atoms with Gasteiger partial charge in [-0.15, -0.1) is 11.8 Å². The van der Waals surface area contributed by atoms with Gasteiger partial charge >= 0.3 is 0 Å². The van der Waals surface area contributed by atoms with Crippen molar-refractivity contribution in [1.82, 2.24) is 15.3 Å². The fourth-order valence-corrected chi connectivity index (χ4v) is 5.23. The molecule has 0 bridgehead atoms. The number of rotatable bonds is 3. The summed E-state index contributed by atoms with van der Waals surface area (Å²) >= 11 is 1.84. The van der Waals surface area contributed by atoms with Crippen LogP contribution in [0.3, 0.4) is 0 Å². The van der Waals surface area contributed by atoms with Crippen molar-refractivity contribution in [1.29, 1.82) is 0 Å². The molecule has 8 heteroatoms. The van der Waals surface area contributed by atoms with Crippen molar-refractivity contribution in [3.05, 3.63) is 53.6 Å². The molecule has 1 atom stereocenters. The summed E-state index contributed by atoms with van der Waals surface area (Å²) in [5, 5.41) is 6.99. The number of anilines is 2. The molecule has 5 nitrogen and oxygen atoms in total. The van der Waals surface area contributed by atoms with E-state index in [1.165, 1.54) is 10.5 Å². The minimum Gasteiger partial charge on any atom is -0.365 e. The van der Waals surface area contributed by atoms with Crippen LogP contribution in [0.1, 0.15) is 17.5 Å². The van der Waals surface area contributed by atoms with E-state index in [4.69, 9.17) is 9.97 Å². The lowest BCUT2D eigenvalue weighted by Crippen LogP contribution is -2.49. The highest BCUT2D eigenvalue weighted by atomic mass is 32.2. The van der Waals surface area contributed by atoms with Gasteiger partial charge in [0.2, 0.25) is 5.95 Å². The standard InChI is InChI=1S/C23H25F2N5S/c1-15-6-7-19-18(10-15)21(27-17-11-23(24,25)14-26-12-17)29-22(28-19)30-8-9-31-20-5-3-2-4-16(20)13-30/h2-7,10,17,26H,8-9,11-14H2,1H3,(H,27,28,29). The molecule has 1 saturated heterocycles. The molecule has 0 spiro atoms. The van der Waals surface area contributed by atoms with Crippen molar-refractivity contribution in [2.75, 3.05) is 35.6 Å². The topological polar surface area (TPSA) is 53.1 Å². The van der Waals surface area contributed by atoms with Gasteiger partial charge in [0.15, 0.2) is 0 Å². The number of piperidine rings is 1. The Bertz CT molecular complexity index is 1110. The van der Waals surface area contributed by atoms with Gasteiger partial charge in [0.25, 0.3) is 5.92 Å². The Morgan fingerprint density at radius 2 is 2.06 bits per heavy atom. The van der Waals surface area contributed by atoms with Crippen LogP contribution < -0.4 is 15.5 Å². The van der Waals surface area contributed by atoms with E-state index in [-0.39, 0.29) is 13.0 Å². The summed E-state index contributed by atoms with van der Waals surface area (Å²) in [6, 6.07) is 14.0. The fraction of sp³-hybridized carbons (Fsp3) is 0.391. The van der Waals surface area contributed by atoms with Gasteiger partial charge < -0.3 is 15.5 Å². The Balaban J connectivity index is 1.51. The molecule has 2 aliphatic rings. The lowest BCUT2D eigenvalue weighted by Gasteiger charge is -2.31. The average Bonchev–Trinajstić information content (AvgIpc) is 2.96. The molecular weight excluding hydrogens is 416 g/mol. The molecule has 5 rings (SSSR count). The molecule has 2 aliphatic heterocycles. The van der Waals surface area contributed by atoms with Crippen molar-refractivity contribution in [3.8, 4) is 0 Å². The van der Waals surface area contributed by atoms with E-state index in [1.807, 2.05) is 36.9 Å². The third-order valence-corrected chi connectivity index (χ3v) is 6.83. The predicted octanol–water partition coefficient (Wildman–Crippen LogP) is 4.46. The van der Waals surface area contributed by atoms with Crippen molar-refractivity contribution in [3.63, 3.8) is 0 Å². The number of thioether (sulfide) groups is 1. The predicted molar refractivity (Wildman–Crippen MR) is 122 cm³/mol. The van der Waals surface area contributed by atoms with E-state index >= 15 is 0 Å². The summed E-state index contributed by atoms with van der Waals surface area (Å²) in [6.07, 6.45) is -0.208. The quantitative estimate of drug-likeness (QED) is 0.626. The van der Waals surface area contributed by atoms with E-state index in [0.29, 0.717) is 18.3 Å². The van der Waals surface area contributed by atoms with E-state index in [0.717, 1.165) is 35.3 Å². The first-order valence-electron chi connectivity index (χ1n) is 10.6. The zero-order valence-corrected chi connectivity index (χ0v) is 18.2. The van der Waals surface area contributed by atoms with Gasteiger partial charge in [0.1, 0.15) is 5.82 Å². The number of hydrogen-bond donors (Lipinski definition) is 2. The Morgan fingerprint density at radius 3 is 2.94 bits per heavy atom. The number of fused-ring (bicyclic) bond motifs is 2. The van der Waals surface area contributed by atoms with Gasteiger partial charge in [-0.1, -0.05) is 29.8 Å². The first kappa shape index (κ1) is 20.5. The molecule has 0 saturated carbocycles. The van der Waals surface area contributed by atoms with Crippen LogP contribution in [0.25, 0.3) is 10.9 Å². The highest BCUT2D eigenvalue weighted by molar-refractivity contribution is 7.99. The smallest absolute Gasteiger partial charge is 0.262 e. The summed E-state index contributed by atoms with van der Waals surface area (Å²) < 4.78 is 27.9. The number of halogens is 2. The normalized spacial score (nSPS) is 20.9. The molecule has 3 heterocycles. The Hall–Kier alpha value is -2.45. The van der Waals surface area contributed by atoms with Gasteiger partial charge in [0.05, 0.1) is 12.1 Å². The third kappa shape index (κ3) is 4.45. The number of hydrogen-bond acceptors (Lipinski definition) is 6. The second-order valence-corrected chi connectivity index (χ2v) is 9.44. The molecule has 31 heavy (non-hydrogen) atoms. The minimum atomic E-state index is -2.72. The van der Waals surface area contributed by atoms with Gasteiger partial charge in [-0.3, -0.25) is 0 Å². The van der Waals surface area contributed by atoms with Crippen molar-refractivity contribution >= 4 is 34.4 Å². The van der Waals surface area contributed by atoms with Gasteiger partial charge in [-0.05, 0) is 30.7 Å². The first-order chi connectivity index (χ1) is 15.0. The van der Waals surface area contributed by atoms with Crippen LogP contribution in [0.5, 0.6) is 0 Å². The number of aryl methyl sites for hydroxylation is 1. The monoisotopic (exact) mass is 441 g/mol. The van der Waals surface area contributed by atoms with Crippen LogP contribution in [0.4, 0.5) is 20.5 Å². The zero-order valence-electron chi connectivity index (χ0n) is 17.4. The van der Waals surface area contributed by atoms with Gasteiger partial charge in [-0.25, -0.2) is 13.8 Å². The maximum Gasteiger partial charge on any atom is 0.262 e. The highest BCUT2D eigenvalue weighted by Gasteiger charge is 2.36. The molecule has 0 radical (unpaired) electrons. The molecule has 2 N–H and O–H groups in total. The van der Waals surface area contributed by atoms with Crippen LogP contribution >= 0.6 is 11.8 Å². The largest absolute Gasteiger partial charge is 0.365 e. The first-order valence-corrected chi connectivity index (χ1v) is 11.5. The lowest BCUT2D eigenvalue weighted by atomic mass is 10.0. The van der Waals surface area contributed by atoms with Crippen LogP contribution in [0, 0.1) is 6.92 Å². The molecule has 0 aliphatic carbocycles. The molecule has 3 aromatic rings. The highest BCUT2D eigenvalue weighted by Crippen LogP contribution is 2.32. The molecular formula is C23H25F2N5S. The Morgan fingerprint density at radius 1 is 1.19 bits per heavy atom. The second-order valence-electron chi connectivity index (χ2n) is 8.30. The number of aromatic nitrogens is 2. The summed E-state index contributed by atoms with van der Waals surface area (Å²) in [6.45, 7) is 3.76. The van der Waals surface area contributed by atoms with E-state index in [9.17, 15) is 8.78 Å². The second kappa shape index (κ2) is 8.24. The van der Waals surface area contributed by atoms with Crippen molar-refractivity contribution in [2.45, 2.75) is 36.7 Å². The average molecular weight is 442 g/mol. The summed E-state index contributed by atoms with van der Waals surface area (Å²) in [4.78, 5) is 13.1. The molecule has 2 aromatic carbocycles. The van der Waals surface area contributed by atoms with Crippen LogP contribution in [0.2, 0.25) is 0 Å². The van der Waals surface area contributed by atoms with E-state index in [1.54, 1.807) is 0 Å². The summed E-state index contributed by atoms with van der Waals surface area (Å²) in [7, 11) is 0. The van der Waals surface area contributed by atoms with Crippen molar-refractivity contribution in [2.24, 2.45) is 0 Å². The van der Waals surface area contributed by atoms with Crippen molar-refractivity contribution < 1.29 is 8.78 Å². The molecule has 1 aromatic heterocycles. The van der Waals surface area contributed by atoms with Gasteiger partial charge in [0, 0.05) is 48.1 Å². The van der Waals surface area contributed by atoms with E-state index in [2.05, 4.69) is 39.8 Å². The number of nitrogens with zero attached hydrogens (tertiary/aromatic N) is 3. The SMILES string of the molecule is Cc1ccc2nc(N3CCSc4ccccc4C3)nc(NC3CNCC(F)(F)C3)c2c1. The van der Waals surface area contributed by atoms with Gasteiger partial charge in [-0.2, -0.15) is 4.98 Å².